The first-order valence-corrected chi connectivity index (χ1v) is 26.9. The minimum absolute atomic E-state index is 0.0284. The van der Waals surface area contributed by atoms with Gasteiger partial charge in [-0.25, -0.2) is 14.4 Å². The molecule has 370 valence electrons. The largest absolute Gasteiger partial charge is 0.506 e. The molecular formula is C53H68N4O11Si. The van der Waals surface area contributed by atoms with Crippen LogP contribution in [0, 0.1) is 5.92 Å². The number of phenols is 1. The highest BCUT2D eigenvalue weighted by Gasteiger charge is 2.41. The van der Waals surface area contributed by atoms with Crippen molar-refractivity contribution in [3.05, 3.63) is 130 Å². The number of H-pyrrole nitrogens is 1. The molecule has 69 heavy (non-hydrogen) atoms. The highest BCUT2D eigenvalue weighted by Crippen LogP contribution is 2.42. The Labute approximate surface area is 405 Å². The van der Waals surface area contributed by atoms with E-state index in [9.17, 15) is 24.3 Å². The van der Waals surface area contributed by atoms with Crippen LogP contribution in [-0.2, 0) is 25.2 Å². The van der Waals surface area contributed by atoms with E-state index in [-0.39, 0.29) is 60.0 Å². The van der Waals surface area contributed by atoms with E-state index >= 15 is 0 Å². The second-order valence-corrected chi connectivity index (χ2v) is 25.4. The number of amides is 2. The number of esters is 1. The van der Waals surface area contributed by atoms with E-state index in [1.54, 1.807) is 49.9 Å². The minimum Gasteiger partial charge on any atom is -0.506 e. The van der Waals surface area contributed by atoms with Crippen LogP contribution in [0.1, 0.15) is 112 Å². The van der Waals surface area contributed by atoms with Crippen LogP contribution in [0.25, 0.3) is 10.9 Å². The van der Waals surface area contributed by atoms with Gasteiger partial charge in [0.05, 0.1) is 30.8 Å². The maximum absolute atomic E-state index is 13.8. The number of benzene rings is 3. The Balaban J connectivity index is 0.950. The van der Waals surface area contributed by atoms with Crippen LogP contribution in [0.5, 0.6) is 11.5 Å². The number of aromatic nitrogens is 1. The topological polar surface area (TPSA) is 182 Å². The van der Waals surface area contributed by atoms with Crippen molar-refractivity contribution in [1.29, 1.82) is 0 Å². The molecule has 0 spiro atoms. The summed E-state index contributed by atoms with van der Waals surface area (Å²) in [4.78, 5) is 59.2. The van der Waals surface area contributed by atoms with Gasteiger partial charge in [-0.1, -0.05) is 69.3 Å². The monoisotopic (exact) mass is 964 g/mol. The number of unbranched alkanes of at least 4 members (excludes halogenated alkanes) is 1. The van der Waals surface area contributed by atoms with Gasteiger partial charge in [-0.15, -0.1) is 0 Å². The second-order valence-electron chi connectivity index (χ2n) is 20.6. The number of carbonyl (C=O) groups excluding carboxylic acids is 3. The van der Waals surface area contributed by atoms with Crippen molar-refractivity contribution in [2.45, 2.75) is 116 Å². The molecule has 2 aromatic heterocycles. The normalized spacial score (nSPS) is 18.0. The van der Waals surface area contributed by atoms with Gasteiger partial charge in [0.15, 0.2) is 8.32 Å². The number of aromatic hydroxyl groups is 1. The van der Waals surface area contributed by atoms with Gasteiger partial charge in [0.2, 0.25) is 11.3 Å². The molecule has 3 aliphatic heterocycles. The van der Waals surface area contributed by atoms with Gasteiger partial charge >= 0.3 is 18.2 Å². The van der Waals surface area contributed by atoms with Crippen molar-refractivity contribution in [2.75, 3.05) is 39.3 Å². The lowest BCUT2D eigenvalue weighted by molar-refractivity contribution is -0.0336. The Morgan fingerprint density at radius 3 is 2.35 bits per heavy atom. The van der Waals surface area contributed by atoms with Crippen molar-refractivity contribution in [3.8, 4) is 11.5 Å². The number of fused-ring (bicyclic) bond motifs is 4. The number of rotatable bonds is 18. The van der Waals surface area contributed by atoms with Crippen LogP contribution in [-0.4, -0.2) is 97.4 Å². The van der Waals surface area contributed by atoms with Crippen LogP contribution in [0.15, 0.2) is 100 Å². The van der Waals surface area contributed by atoms with E-state index in [2.05, 4.69) is 49.1 Å². The zero-order chi connectivity index (χ0) is 49.5. The fraction of sp³-hybridized carbons (Fsp3) is 0.472. The summed E-state index contributed by atoms with van der Waals surface area (Å²) in [7, 11) is -2.46. The molecule has 2 amide bonds. The zero-order valence-electron chi connectivity index (χ0n) is 41.2. The van der Waals surface area contributed by atoms with Crippen LogP contribution in [0.2, 0.25) is 18.1 Å². The van der Waals surface area contributed by atoms with E-state index in [1.807, 2.05) is 54.6 Å². The Kier molecular flexibility index (Phi) is 16.0. The molecular weight excluding hydrogens is 897 g/mol. The molecule has 3 saturated heterocycles. The van der Waals surface area contributed by atoms with Gasteiger partial charge in [0, 0.05) is 24.5 Å². The summed E-state index contributed by atoms with van der Waals surface area (Å²) in [5, 5.41) is 14.2. The average Bonchev–Trinajstić information content (AvgIpc) is 3.79. The summed E-state index contributed by atoms with van der Waals surface area (Å²) >= 11 is 0. The van der Waals surface area contributed by atoms with Gasteiger partial charge in [-0.05, 0) is 137 Å². The van der Waals surface area contributed by atoms with Crippen LogP contribution < -0.4 is 15.6 Å². The Morgan fingerprint density at radius 1 is 0.913 bits per heavy atom. The molecule has 3 atom stereocenters. The Hall–Kier alpha value is -6.10. The fourth-order valence-electron chi connectivity index (χ4n) is 8.54. The molecule has 16 heteroatoms. The first-order chi connectivity index (χ1) is 32.7. The number of aromatic amines is 1. The number of ether oxygens (including phenoxy) is 4. The Bertz CT molecular complexity index is 2610. The summed E-state index contributed by atoms with van der Waals surface area (Å²) in [6.07, 6.45) is 1.26. The summed E-state index contributed by atoms with van der Waals surface area (Å²) in [5.74, 6) is 0.685. The lowest BCUT2D eigenvalue weighted by Crippen LogP contribution is -2.52. The molecule has 2 unspecified atom stereocenters. The number of alkyl carbamates (subject to hydrolysis) is 1. The van der Waals surface area contributed by atoms with Crippen molar-refractivity contribution in [3.63, 3.8) is 0 Å². The van der Waals surface area contributed by atoms with E-state index in [0.29, 0.717) is 41.2 Å². The van der Waals surface area contributed by atoms with E-state index in [0.717, 1.165) is 43.6 Å². The number of hydrogen-bond donors (Lipinski definition) is 3. The Morgan fingerprint density at radius 2 is 1.65 bits per heavy atom. The minimum atomic E-state index is -2.46. The number of piperidine rings is 3. The fourth-order valence-corrected chi connectivity index (χ4v) is 9.80. The van der Waals surface area contributed by atoms with Crippen molar-refractivity contribution in [2.24, 2.45) is 5.92 Å². The molecule has 3 aromatic carbocycles. The van der Waals surface area contributed by atoms with Crippen LogP contribution >= 0.6 is 0 Å². The molecule has 0 aliphatic carbocycles. The van der Waals surface area contributed by atoms with Gasteiger partial charge in [0.25, 0.3) is 0 Å². The predicted molar refractivity (Wildman–Crippen MR) is 265 cm³/mol. The standard InChI is InChI=1S/C53H68N4O11Si/c1-52(2,3)67-51(62)57(33-45(68-69(7,8)53(4,5)6)40-20-22-42(58)48-41(40)21-24-46(59)54-48)27-12-13-30-63-49(60)43-23-19-39(65-43)34-64-38-18-14-17-37(31-38)47(36-15-10-9-11-16-36)55-50(61)66-44-32-56-28-25-35(44)26-29-56/h9-11,14-24,31,35,44-45,47,58H,12-13,25-30,32-34H2,1-8H3,(H,54,59)(H,55,61)/t44-,45?,47?/m0/s1. The lowest BCUT2D eigenvalue weighted by Gasteiger charge is -2.43. The number of phenolic OH excluding ortho intramolecular Hbond substituents is 1. The number of furan rings is 1. The molecule has 15 nitrogen and oxygen atoms in total. The SMILES string of the molecule is CC(C)(C)OC(=O)N(CCCCOC(=O)c1ccc(COc2cccc(C(NC(=O)O[C@H]3CN4CCC3CC4)c3ccccc3)c2)o1)CC(O[Si](C)(C)C(C)(C)C)c1ccc(O)c2[nH]c(=O)ccc12. The van der Waals surface area contributed by atoms with Crippen molar-refractivity contribution < 1.29 is 47.3 Å². The summed E-state index contributed by atoms with van der Waals surface area (Å²) < 4.78 is 36.4. The summed E-state index contributed by atoms with van der Waals surface area (Å²) in [6, 6.07) is 26.3. The first kappa shape index (κ1) is 50.8. The van der Waals surface area contributed by atoms with E-state index in [4.69, 9.17) is 27.8 Å². The highest BCUT2D eigenvalue weighted by molar-refractivity contribution is 6.74. The lowest BCUT2D eigenvalue weighted by atomic mass is 9.86. The van der Waals surface area contributed by atoms with Gasteiger partial charge in [-0.3, -0.25) is 9.69 Å². The van der Waals surface area contributed by atoms with E-state index in [1.165, 1.54) is 12.1 Å². The maximum atomic E-state index is 13.8. The molecule has 3 aliphatic rings. The molecule has 3 N–H and O–H groups in total. The predicted octanol–water partition coefficient (Wildman–Crippen LogP) is 10.3. The van der Waals surface area contributed by atoms with E-state index < -0.39 is 44.2 Å². The third-order valence-corrected chi connectivity index (χ3v) is 17.8. The molecule has 0 saturated carbocycles. The summed E-state index contributed by atoms with van der Waals surface area (Å²) in [6.45, 7) is 19.5. The van der Waals surface area contributed by atoms with Crippen LogP contribution in [0.4, 0.5) is 9.59 Å². The maximum Gasteiger partial charge on any atom is 0.410 e. The molecule has 3 fully saturated rings. The second kappa shape index (κ2) is 21.7. The highest BCUT2D eigenvalue weighted by atomic mass is 28.4. The molecule has 0 radical (unpaired) electrons. The van der Waals surface area contributed by atoms with Crippen LogP contribution in [0.3, 0.4) is 0 Å². The van der Waals surface area contributed by atoms with Gasteiger partial charge in [-0.2, -0.15) is 0 Å². The van der Waals surface area contributed by atoms with Gasteiger partial charge in [0.1, 0.15) is 35.6 Å². The molecule has 2 bridgehead atoms. The molecule has 8 rings (SSSR count). The zero-order valence-corrected chi connectivity index (χ0v) is 42.2. The van der Waals surface area contributed by atoms with Crippen molar-refractivity contribution >= 4 is 37.4 Å². The quantitative estimate of drug-likeness (QED) is 0.0328. The number of carbonyl (C=O) groups is 3. The average molecular weight is 965 g/mol. The first-order valence-electron chi connectivity index (χ1n) is 24.0. The number of nitrogens with one attached hydrogen (secondary N) is 2. The number of nitrogens with zero attached hydrogens (tertiary/aromatic N) is 2. The third-order valence-electron chi connectivity index (χ3n) is 13.3. The third kappa shape index (κ3) is 13.4. The number of hydrogen-bond acceptors (Lipinski definition) is 12. The molecule has 5 heterocycles. The molecule has 5 aromatic rings. The number of pyridine rings is 1. The van der Waals surface area contributed by atoms with Crippen molar-refractivity contribution in [1.82, 2.24) is 20.1 Å². The smallest absolute Gasteiger partial charge is 0.410 e. The van der Waals surface area contributed by atoms with Gasteiger partial charge < -0.3 is 48.1 Å². The summed E-state index contributed by atoms with van der Waals surface area (Å²) in [5.41, 5.74) is 1.59.